The molecule has 1 aliphatic carbocycles. The van der Waals surface area contributed by atoms with Crippen LogP contribution in [0.4, 0.5) is 17.1 Å². The zero-order valence-electron chi connectivity index (χ0n) is 14.5. The SMILES string of the molecule is Cl.NCCOc1ccc(NC(=O)c2ccc(NC3CC3)c([N+](=O)[O-])c2)cc1. The van der Waals surface area contributed by atoms with E-state index in [-0.39, 0.29) is 29.7 Å². The number of carbonyl (C=O) groups is 1. The van der Waals surface area contributed by atoms with Crippen molar-refractivity contribution in [3.8, 4) is 5.75 Å². The molecule has 27 heavy (non-hydrogen) atoms. The Labute approximate surface area is 162 Å². The van der Waals surface area contributed by atoms with Gasteiger partial charge in [-0.25, -0.2) is 0 Å². The summed E-state index contributed by atoms with van der Waals surface area (Å²) >= 11 is 0. The largest absolute Gasteiger partial charge is 0.492 e. The van der Waals surface area contributed by atoms with Gasteiger partial charge in [0, 0.05) is 29.9 Å². The van der Waals surface area contributed by atoms with E-state index < -0.39 is 10.8 Å². The van der Waals surface area contributed by atoms with Crippen LogP contribution in [0.3, 0.4) is 0 Å². The third-order valence-corrected chi connectivity index (χ3v) is 3.89. The number of nitrogens with one attached hydrogen (secondary N) is 2. The average molecular weight is 393 g/mol. The molecule has 0 aromatic heterocycles. The maximum absolute atomic E-state index is 12.4. The van der Waals surface area contributed by atoms with Crippen LogP contribution in [0.1, 0.15) is 23.2 Å². The second kappa shape index (κ2) is 9.20. The summed E-state index contributed by atoms with van der Waals surface area (Å²) in [6, 6.07) is 11.6. The number of hydrogen-bond acceptors (Lipinski definition) is 6. The number of nitrogens with two attached hydrogens (primary N) is 1. The van der Waals surface area contributed by atoms with Gasteiger partial charge < -0.3 is 21.1 Å². The number of nitro groups is 1. The van der Waals surface area contributed by atoms with Crippen molar-refractivity contribution in [2.24, 2.45) is 5.73 Å². The quantitative estimate of drug-likeness (QED) is 0.468. The fourth-order valence-corrected chi connectivity index (χ4v) is 2.41. The van der Waals surface area contributed by atoms with Crippen LogP contribution in [-0.4, -0.2) is 30.0 Å². The first-order chi connectivity index (χ1) is 12.6. The van der Waals surface area contributed by atoms with E-state index >= 15 is 0 Å². The molecule has 2 aromatic rings. The Morgan fingerprint density at radius 3 is 2.52 bits per heavy atom. The molecule has 0 aliphatic heterocycles. The molecular formula is C18H21ClN4O4. The molecule has 1 fully saturated rings. The number of ether oxygens (including phenoxy) is 1. The van der Waals surface area contributed by atoms with Crippen molar-refractivity contribution < 1.29 is 14.5 Å². The Balaban J connectivity index is 0.00000261. The van der Waals surface area contributed by atoms with Gasteiger partial charge in [-0.3, -0.25) is 14.9 Å². The lowest BCUT2D eigenvalue weighted by Gasteiger charge is -2.09. The van der Waals surface area contributed by atoms with Crippen molar-refractivity contribution in [3.63, 3.8) is 0 Å². The van der Waals surface area contributed by atoms with Crippen molar-refractivity contribution in [2.45, 2.75) is 18.9 Å². The van der Waals surface area contributed by atoms with Gasteiger partial charge in [-0.05, 0) is 49.2 Å². The van der Waals surface area contributed by atoms with Crippen LogP contribution in [0, 0.1) is 10.1 Å². The first-order valence-electron chi connectivity index (χ1n) is 8.36. The highest BCUT2D eigenvalue weighted by atomic mass is 35.5. The minimum Gasteiger partial charge on any atom is -0.492 e. The third-order valence-electron chi connectivity index (χ3n) is 3.89. The topological polar surface area (TPSA) is 120 Å². The van der Waals surface area contributed by atoms with Gasteiger partial charge in [-0.1, -0.05) is 0 Å². The fourth-order valence-electron chi connectivity index (χ4n) is 2.41. The van der Waals surface area contributed by atoms with Crippen molar-refractivity contribution >= 4 is 35.4 Å². The molecule has 144 valence electrons. The summed E-state index contributed by atoms with van der Waals surface area (Å²) in [5.41, 5.74) is 6.51. The highest BCUT2D eigenvalue weighted by Gasteiger charge is 2.25. The van der Waals surface area contributed by atoms with Gasteiger partial charge >= 0.3 is 0 Å². The van der Waals surface area contributed by atoms with E-state index in [9.17, 15) is 14.9 Å². The number of nitrogens with zero attached hydrogens (tertiary/aromatic N) is 1. The normalized spacial score (nSPS) is 12.6. The Kier molecular flexibility index (Phi) is 6.98. The summed E-state index contributed by atoms with van der Waals surface area (Å²) < 4.78 is 5.37. The van der Waals surface area contributed by atoms with E-state index in [0.29, 0.717) is 30.3 Å². The van der Waals surface area contributed by atoms with Crippen molar-refractivity contribution in [3.05, 3.63) is 58.1 Å². The lowest BCUT2D eigenvalue weighted by Crippen LogP contribution is -2.13. The minimum atomic E-state index is -0.481. The monoisotopic (exact) mass is 392 g/mol. The lowest BCUT2D eigenvalue weighted by molar-refractivity contribution is -0.384. The lowest BCUT2D eigenvalue weighted by atomic mass is 10.1. The first kappa shape index (κ1) is 20.5. The van der Waals surface area contributed by atoms with Crippen LogP contribution < -0.4 is 21.1 Å². The smallest absolute Gasteiger partial charge is 0.293 e. The molecule has 1 saturated carbocycles. The Morgan fingerprint density at radius 2 is 1.93 bits per heavy atom. The van der Waals surface area contributed by atoms with E-state index in [1.807, 2.05) is 0 Å². The third kappa shape index (κ3) is 5.57. The molecule has 8 nitrogen and oxygen atoms in total. The van der Waals surface area contributed by atoms with Gasteiger partial charge in [-0.2, -0.15) is 0 Å². The number of anilines is 2. The molecule has 0 unspecified atom stereocenters. The van der Waals surface area contributed by atoms with Crippen LogP contribution in [0.5, 0.6) is 5.75 Å². The number of nitro benzene ring substituents is 1. The number of halogens is 1. The fraction of sp³-hybridized carbons (Fsp3) is 0.278. The van der Waals surface area contributed by atoms with E-state index in [2.05, 4.69) is 10.6 Å². The molecule has 1 amide bonds. The molecule has 0 bridgehead atoms. The van der Waals surface area contributed by atoms with Crippen LogP contribution in [0.25, 0.3) is 0 Å². The second-order valence-corrected chi connectivity index (χ2v) is 6.02. The van der Waals surface area contributed by atoms with E-state index in [1.165, 1.54) is 6.07 Å². The first-order valence-corrected chi connectivity index (χ1v) is 8.36. The highest BCUT2D eigenvalue weighted by molar-refractivity contribution is 6.05. The zero-order valence-corrected chi connectivity index (χ0v) is 15.3. The van der Waals surface area contributed by atoms with E-state index in [0.717, 1.165) is 12.8 Å². The molecule has 0 radical (unpaired) electrons. The molecule has 9 heteroatoms. The van der Waals surface area contributed by atoms with E-state index in [1.54, 1.807) is 36.4 Å². The number of benzene rings is 2. The van der Waals surface area contributed by atoms with Gasteiger partial charge in [0.1, 0.15) is 18.0 Å². The molecule has 0 atom stereocenters. The minimum absolute atomic E-state index is 0. The van der Waals surface area contributed by atoms with Gasteiger partial charge in [-0.15, -0.1) is 12.4 Å². The molecule has 1 aliphatic rings. The van der Waals surface area contributed by atoms with Gasteiger partial charge in [0.25, 0.3) is 11.6 Å². The summed E-state index contributed by atoms with van der Waals surface area (Å²) in [7, 11) is 0. The summed E-state index contributed by atoms with van der Waals surface area (Å²) in [5, 5.41) is 17.1. The molecule has 4 N–H and O–H groups in total. The second-order valence-electron chi connectivity index (χ2n) is 6.02. The number of rotatable bonds is 8. The van der Waals surface area contributed by atoms with Crippen LogP contribution >= 0.6 is 12.4 Å². The summed E-state index contributed by atoms with van der Waals surface area (Å²) in [6.07, 6.45) is 2.01. The van der Waals surface area contributed by atoms with E-state index in [4.69, 9.17) is 10.5 Å². The molecule has 3 rings (SSSR count). The summed E-state index contributed by atoms with van der Waals surface area (Å²) in [5.74, 6) is 0.237. The van der Waals surface area contributed by atoms with Gasteiger partial charge in [0.15, 0.2) is 0 Å². The maximum atomic E-state index is 12.4. The van der Waals surface area contributed by atoms with Crippen molar-refractivity contribution in [1.82, 2.24) is 0 Å². The van der Waals surface area contributed by atoms with Crippen LogP contribution in [0.2, 0.25) is 0 Å². The van der Waals surface area contributed by atoms with Crippen molar-refractivity contribution in [2.75, 3.05) is 23.8 Å². The Morgan fingerprint density at radius 1 is 1.22 bits per heavy atom. The van der Waals surface area contributed by atoms with Gasteiger partial charge in [0.2, 0.25) is 0 Å². The van der Waals surface area contributed by atoms with Crippen LogP contribution in [-0.2, 0) is 0 Å². The number of amides is 1. The molecule has 0 heterocycles. The predicted octanol–water partition coefficient (Wildman–Crippen LogP) is 3.18. The molecule has 0 saturated heterocycles. The zero-order chi connectivity index (χ0) is 18.5. The van der Waals surface area contributed by atoms with Crippen molar-refractivity contribution in [1.29, 1.82) is 0 Å². The molecule has 2 aromatic carbocycles. The van der Waals surface area contributed by atoms with Crippen LogP contribution in [0.15, 0.2) is 42.5 Å². The Hall–Kier alpha value is -2.84. The maximum Gasteiger partial charge on any atom is 0.293 e. The summed E-state index contributed by atoms with van der Waals surface area (Å²) in [4.78, 5) is 23.2. The highest BCUT2D eigenvalue weighted by Crippen LogP contribution is 2.31. The molecular weight excluding hydrogens is 372 g/mol. The predicted molar refractivity (Wildman–Crippen MR) is 106 cm³/mol. The number of carbonyl (C=O) groups excluding carboxylic acids is 1. The Bertz CT molecular complexity index is 810. The standard InChI is InChI=1S/C18H20N4O4.ClH/c19-9-10-26-15-6-4-14(5-7-15)21-18(23)12-1-8-16(20-13-2-3-13)17(11-12)22(24)25;/h1,4-8,11,13,20H,2-3,9-10,19H2,(H,21,23);1H. The number of hydrogen-bond donors (Lipinski definition) is 3. The molecule has 0 spiro atoms. The van der Waals surface area contributed by atoms with Gasteiger partial charge in [0.05, 0.1) is 4.92 Å². The summed E-state index contributed by atoms with van der Waals surface area (Å²) in [6.45, 7) is 0.833. The average Bonchev–Trinajstić information content (AvgIpc) is 3.45.